The summed E-state index contributed by atoms with van der Waals surface area (Å²) in [4.78, 5) is 22.4. The summed E-state index contributed by atoms with van der Waals surface area (Å²) in [7, 11) is 0. The standard InChI is InChI=1S/C16H28O4/c1-5-6-7-8-9-10-11-15(19)20-16(3,4)13(2)12-14(17)18/h12H,5-11H2,1-4H3,(H,17,18)/b13-12+. The number of hydrogen-bond acceptors (Lipinski definition) is 3. The Morgan fingerprint density at radius 2 is 1.65 bits per heavy atom. The summed E-state index contributed by atoms with van der Waals surface area (Å²) in [6.07, 6.45) is 8.19. The van der Waals surface area contributed by atoms with Gasteiger partial charge in [-0.05, 0) is 32.8 Å². The summed E-state index contributed by atoms with van der Waals surface area (Å²) >= 11 is 0. The molecule has 0 amide bonds. The first-order valence-corrected chi connectivity index (χ1v) is 7.43. The van der Waals surface area contributed by atoms with Crippen LogP contribution in [0.15, 0.2) is 11.6 Å². The summed E-state index contributed by atoms with van der Waals surface area (Å²) in [5, 5.41) is 8.71. The predicted octanol–water partition coefficient (Wildman–Crippen LogP) is 4.09. The third-order valence-corrected chi connectivity index (χ3v) is 3.39. The quantitative estimate of drug-likeness (QED) is 0.373. The van der Waals surface area contributed by atoms with Crippen molar-refractivity contribution in [3.8, 4) is 0 Å². The highest BCUT2D eigenvalue weighted by molar-refractivity contribution is 5.81. The van der Waals surface area contributed by atoms with Crippen molar-refractivity contribution in [3.63, 3.8) is 0 Å². The third-order valence-electron chi connectivity index (χ3n) is 3.39. The number of carbonyl (C=O) groups excluding carboxylic acids is 1. The molecule has 0 aromatic carbocycles. The van der Waals surface area contributed by atoms with Gasteiger partial charge in [0.2, 0.25) is 0 Å². The third kappa shape index (κ3) is 8.73. The van der Waals surface area contributed by atoms with E-state index in [0.29, 0.717) is 12.0 Å². The second-order valence-corrected chi connectivity index (χ2v) is 5.67. The highest BCUT2D eigenvalue weighted by Gasteiger charge is 2.25. The number of aliphatic carboxylic acids is 1. The van der Waals surface area contributed by atoms with Crippen molar-refractivity contribution in [2.24, 2.45) is 0 Å². The summed E-state index contributed by atoms with van der Waals surface area (Å²) in [5.41, 5.74) is -0.334. The van der Waals surface area contributed by atoms with Crippen LogP contribution in [-0.4, -0.2) is 22.6 Å². The molecular formula is C16H28O4. The van der Waals surface area contributed by atoms with E-state index in [1.54, 1.807) is 20.8 Å². The van der Waals surface area contributed by atoms with Gasteiger partial charge in [0.1, 0.15) is 5.60 Å². The minimum atomic E-state index is -1.03. The molecule has 0 unspecified atom stereocenters. The van der Waals surface area contributed by atoms with E-state index in [9.17, 15) is 9.59 Å². The Morgan fingerprint density at radius 3 is 2.20 bits per heavy atom. The average Bonchev–Trinajstić information content (AvgIpc) is 2.32. The van der Waals surface area contributed by atoms with E-state index in [1.165, 1.54) is 19.3 Å². The van der Waals surface area contributed by atoms with E-state index in [1.807, 2.05) is 0 Å². The van der Waals surface area contributed by atoms with Gasteiger partial charge in [-0.2, -0.15) is 0 Å². The van der Waals surface area contributed by atoms with Gasteiger partial charge in [0, 0.05) is 12.5 Å². The van der Waals surface area contributed by atoms with Crippen LogP contribution in [-0.2, 0) is 14.3 Å². The molecule has 4 heteroatoms. The molecule has 0 heterocycles. The maximum atomic E-state index is 11.7. The molecule has 0 aromatic heterocycles. The maximum Gasteiger partial charge on any atom is 0.328 e. The monoisotopic (exact) mass is 284 g/mol. The zero-order chi connectivity index (χ0) is 15.6. The number of rotatable bonds is 10. The van der Waals surface area contributed by atoms with Crippen molar-refractivity contribution in [1.82, 2.24) is 0 Å². The lowest BCUT2D eigenvalue weighted by molar-refractivity contribution is -0.153. The van der Waals surface area contributed by atoms with Crippen LogP contribution in [0.1, 0.15) is 72.6 Å². The van der Waals surface area contributed by atoms with Gasteiger partial charge in [-0.1, -0.05) is 39.0 Å². The largest absolute Gasteiger partial charge is 0.478 e. The molecule has 20 heavy (non-hydrogen) atoms. The van der Waals surface area contributed by atoms with E-state index >= 15 is 0 Å². The van der Waals surface area contributed by atoms with Crippen LogP contribution in [0.3, 0.4) is 0 Å². The molecule has 0 aliphatic rings. The van der Waals surface area contributed by atoms with Crippen molar-refractivity contribution >= 4 is 11.9 Å². The molecule has 0 rings (SSSR count). The first-order valence-electron chi connectivity index (χ1n) is 7.43. The van der Waals surface area contributed by atoms with Crippen LogP contribution in [0.5, 0.6) is 0 Å². The van der Waals surface area contributed by atoms with Gasteiger partial charge < -0.3 is 9.84 Å². The van der Waals surface area contributed by atoms with Gasteiger partial charge in [-0.15, -0.1) is 0 Å². The zero-order valence-corrected chi connectivity index (χ0v) is 13.2. The Labute approximate surface area is 122 Å². The summed E-state index contributed by atoms with van der Waals surface area (Å²) in [5.74, 6) is -1.29. The topological polar surface area (TPSA) is 63.6 Å². The Kier molecular flexibility index (Phi) is 8.93. The molecule has 4 nitrogen and oxygen atoms in total. The molecule has 0 saturated heterocycles. The average molecular weight is 284 g/mol. The van der Waals surface area contributed by atoms with Crippen LogP contribution >= 0.6 is 0 Å². The van der Waals surface area contributed by atoms with Gasteiger partial charge in [0.15, 0.2) is 0 Å². The number of esters is 1. The summed E-state index contributed by atoms with van der Waals surface area (Å²) in [6, 6.07) is 0. The van der Waals surface area contributed by atoms with E-state index < -0.39 is 11.6 Å². The molecule has 0 bridgehead atoms. The lowest BCUT2D eigenvalue weighted by Crippen LogP contribution is -2.29. The van der Waals surface area contributed by atoms with Gasteiger partial charge in [-0.25, -0.2) is 4.79 Å². The van der Waals surface area contributed by atoms with Crippen LogP contribution in [0, 0.1) is 0 Å². The second kappa shape index (κ2) is 9.56. The second-order valence-electron chi connectivity index (χ2n) is 5.67. The van der Waals surface area contributed by atoms with Gasteiger partial charge in [0.25, 0.3) is 0 Å². The van der Waals surface area contributed by atoms with Gasteiger partial charge in [0.05, 0.1) is 0 Å². The first-order chi connectivity index (χ1) is 9.29. The van der Waals surface area contributed by atoms with Gasteiger partial charge in [-0.3, -0.25) is 4.79 Å². The minimum absolute atomic E-state index is 0.261. The number of ether oxygens (including phenoxy) is 1. The Bertz CT molecular complexity index is 342. The highest BCUT2D eigenvalue weighted by atomic mass is 16.6. The van der Waals surface area contributed by atoms with E-state index in [2.05, 4.69) is 6.92 Å². The Hall–Kier alpha value is -1.32. The number of hydrogen-bond donors (Lipinski definition) is 1. The molecule has 0 atom stereocenters. The fourth-order valence-electron chi connectivity index (χ4n) is 1.82. The fraction of sp³-hybridized carbons (Fsp3) is 0.750. The smallest absolute Gasteiger partial charge is 0.328 e. The minimum Gasteiger partial charge on any atom is -0.478 e. The fourth-order valence-corrected chi connectivity index (χ4v) is 1.82. The molecule has 0 saturated carbocycles. The number of carbonyl (C=O) groups is 2. The lowest BCUT2D eigenvalue weighted by atomic mass is 9.99. The lowest BCUT2D eigenvalue weighted by Gasteiger charge is -2.26. The molecular weight excluding hydrogens is 256 g/mol. The normalized spacial score (nSPS) is 12.3. The van der Waals surface area contributed by atoms with Crippen molar-refractivity contribution in [2.45, 2.75) is 78.2 Å². The van der Waals surface area contributed by atoms with Crippen LogP contribution < -0.4 is 0 Å². The summed E-state index contributed by atoms with van der Waals surface area (Å²) < 4.78 is 5.36. The Morgan fingerprint density at radius 1 is 1.10 bits per heavy atom. The van der Waals surface area contributed by atoms with Gasteiger partial charge >= 0.3 is 11.9 Å². The van der Waals surface area contributed by atoms with Crippen molar-refractivity contribution < 1.29 is 19.4 Å². The highest BCUT2D eigenvalue weighted by Crippen LogP contribution is 2.21. The zero-order valence-electron chi connectivity index (χ0n) is 13.2. The van der Waals surface area contributed by atoms with Crippen LogP contribution in [0.2, 0.25) is 0 Å². The van der Waals surface area contributed by atoms with Crippen LogP contribution in [0.25, 0.3) is 0 Å². The number of unbranched alkanes of at least 4 members (excludes halogenated alkanes) is 5. The SMILES string of the molecule is CCCCCCCCC(=O)OC(C)(C)/C(C)=C/C(=O)O. The van der Waals surface area contributed by atoms with Crippen molar-refractivity contribution in [2.75, 3.05) is 0 Å². The van der Waals surface area contributed by atoms with Crippen molar-refractivity contribution in [3.05, 3.63) is 11.6 Å². The summed E-state index contributed by atoms with van der Waals surface area (Å²) in [6.45, 7) is 7.25. The number of carboxylic acids is 1. The molecule has 0 radical (unpaired) electrons. The Balaban J connectivity index is 4.03. The predicted molar refractivity (Wildman–Crippen MR) is 79.6 cm³/mol. The molecule has 0 spiro atoms. The molecule has 116 valence electrons. The first kappa shape index (κ1) is 18.7. The van der Waals surface area contributed by atoms with Crippen LogP contribution in [0.4, 0.5) is 0 Å². The molecule has 0 aliphatic heterocycles. The van der Waals surface area contributed by atoms with E-state index in [4.69, 9.17) is 9.84 Å². The molecule has 0 fully saturated rings. The number of carboxylic acid groups (broad SMARTS) is 1. The van der Waals surface area contributed by atoms with E-state index in [0.717, 1.165) is 25.3 Å². The maximum absolute atomic E-state index is 11.7. The molecule has 0 aliphatic carbocycles. The molecule has 1 N–H and O–H groups in total. The molecule has 0 aromatic rings. The van der Waals surface area contributed by atoms with Crippen molar-refractivity contribution in [1.29, 1.82) is 0 Å². The van der Waals surface area contributed by atoms with E-state index in [-0.39, 0.29) is 5.97 Å².